The third kappa shape index (κ3) is 1.18. The number of carbonyl (C=O) groups excluding carboxylic acids is 1. The van der Waals surface area contributed by atoms with Crippen LogP contribution in [0.1, 0.15) is 10.4 Å². The molecule has 2 rings (SSSR count). The van der Waals surface area contributed by atoms with Crippen LogP contribution in [0.2, 0.25) is 0 Å². The number of nitrogens with two attached hydrogens (primary N) is 1. The summed E-state index contributed by atoms with van der Waals surface area (Å²) < 4.78 is 2.17. The Morgan fingerprint density at radius 1 is 1.58 bits per heavy atom. The van der Waals surface area contributed by atoms with E-state index in [0.29, 0.717) is 5.56 Å². The zero-order valence-corrected chi connectivity index (χ0v) is 9.05. The maximum Gasteiger partial charge on any atom is 0.250 e. The molecule has 2 nitrogen and oxygen atoms in total. The Morgan fingerprint density at radius 2 is 2.33 bits per heavy atom. The van der Waals surface area contributed by atoms with E-state index in [2.05, 4.69) is 15.9 Å². The zero-order chi connectivity index (χ0) is 8.72. The van der Waals surface area contributed by atoms with Gasteiger partial charge in [-0.3, -0.25) is 4.79 Å². The molecule has 62 valence electrons. The summed E-state index contributed by atoms with van der Waals surface area (Å²) in [6, 6.07) is 1.93. The summed E-state index contributed by atoms with van der Waals surface area (Å²) in [4.78, 5) is 10.9. The lowest BCUT2D eigenvalue weighted by Gasteiger charge is -1.85. The molecular weight excluding hydrogens is 258 g/mol. The van der Waals surface area contributed by atoms with Crippen molar-refractivity contribution in [2.24, 2.45) is 5.73 Å². The lowest BCUT2D eigenvalue weighted by Crippen LogP contribution is -2.09. The van der Waals surface area contributed by atoms with Crippen LogP contribution in [0.15, 0.2) is 15.2 Å². The van der Waals surface area contributed by atoms with Crippen molar-refractivity contribution in [3.05, 3.63) is 20.8 Å². The Morgan fingerprint density at radius 3 is 3.00 bits per heavy atom. The molecule has 0 aromatic carbocycles. The zero-order valence-electron chi connectivity index (χ0n) is 5.83. The molecule has 2 N–H and O–H groups in total. The van der Waals surface area contributed by atoms with Crippen molar-refractivity contribution in [2.75, 3.05) is 0 Å². The van der Waals surface area contributed by atoms with Crippen molar-refractivity contribution in [1.29, 1.82) is 0 Å². The third-order valence-electron chi connectivity index (χ3n) is 1.51. The molecule has 0 spiro atoms. The number of fused-ring (bicyclic) bond motifs is 1. The van der Waals surface area contributed by atoms with Gasteiger partial charge in [-0.25, -0.2) is 0 Å². The van der Waals surface area contributed by atoms with Gasteiger partial charge in [-0.2, -0.15) is 0 Å². The van der Waals surface area contributed by atoms with Gasteiger partial charge in [-0.05, 0) is 22.0 Å². The monoisotopic (exact) mass is 261 g/mol. The highest BCUT2D eigenvalue weighted by molar-refractivity contribution is 9.11. The average Bonchev–Trinajstić information content (AvgIpc) is 2.43. The van der Waals surface area contributed by atoms with Crippen LogP contribution in [-0.2, 0) is 0 Å². The number of carbonyl (C=O) groups is 1. The largest absolute Gasteiger partial charge is 0.366 e. The first-order chi connectivity index (χ1) is 5.68. The maximum absolute atomic E-state index is 10.9. The molecule has 0 bridgehead atoms. The Bertz CT molecular complexity index is 445. The standard InChI is InChI=1S/C7H4BrNOS2/c8-5-1-3-4(6(9)10)2-11-7(3)12-5/h1-2H,(H2,9,10). The predicted octanol–water partition coefficient (Wildman–Crippen LogP) is 2.82. The molecule has 0 aliphatic heterocycles. The molecule has 1 amide bonds. The minimum absolute atomic E-state index is 0.355. The van der Waals surface area contributed by atoms with E-state index in [1.165, 1.54) is 0 Å². The van der Waals surface area contributed by atoms with E-state index < -0.39 is 0 Å². The van der Waals surface area contributed by atoms with E-state index in [0.717, 1.165) is 13.2 Å². The van der Waals surface area contributed by atoms with E-state index in [1.807, 2.05) is 6.07 Å². The molecule has 12 heavy (non-hydrogen) atoms. The van der Waals surface area contributed by atoms with Crippen LogP contribution < -0.4 is 5.73 Å². The van der Waals surface area contributed by atoms with Crippen LogP contribution in [0.3, 0.4) is 0 Å². The van der Waals surface area contributed by atoms with Crippen LogP contribution in [0.5, 0.6) is 0 Å². The van der Waals surface area contributed by atoms with Gasteiger partial charge in [0.1, 0.15) is 0 Å². The van der Waals surface area contributed by atoms with Gasteiger partial charge in [0.2, 0.25) is 5.91 Å². The number of rotatable bonds is 1. The Balaban J connectivity index is 2.76. The van der Waals surface area contributed by atoms with Crippen LogP contribution in [0.25, 0.3) is 9.40 Å². The van der Waals surface area contributed by atoms with Crippen molar-refractivity contribution < 1.29 is 4.79 Å². The molecule has 5 heteroatoms. The number of primary amides is 1. The minimum Gasteiger partial charge on any atom is -0.366 e. The lowest BCUT2D eigenvalue weighted by molar-refractivity contribution is 0.100. The third-order valence-corrected chi connectivity index (χ3v) is 4.27. The van der Waals surface area contributed by atoms with Gasteiger partial charge in [0.25, 0.3) is 0 Å². The van der Waals surface area contributed by atoms with Crippen molar-refractivity contribution in [1.82, 2.24) is 0 Å². The normalized spacial score (nSPS) is 10.8. The van der Waals surface area contributed by atoms with E-state index >= 15 is 0 Å². The SMILES string of the molecule is NC(=O)c1csc2sc(Br)cc12. The lowest BCUT2D eigenvalue weighted by atomic mass is 10.2. The van der Waals surface area contributed by atoms with Gasteiger partial charge in [-0.1, -0.05) is 0 Å². The average molecular weight is 262 g/mol. The number of hydrogen-bond acceptors (Lipinski definition) is 3. The maximum atomic E-state index is 10.9. The van der Waals surface area contributed by atoms with Crippen LogP contribution in [-0.4, -0.2) is 5.91 Å². The second-order valence-corrected chi connectivity index (χ2v) is 5.83. The number of amides is 1. The minimum atomic E-state index is -0.355. The number of halogens is 1. The molecule has 0 saturated heterocycles. The molecule has 0 fully saturated rings. The second kappa shape index (κ2) is 2.83. The van der Waals surface area contributed by atoms with E-state index in [4.69, 9.17) is 5.73 Å². The highest BCUT2D eigenvalue weighted by Gasteiger charge is 2.10. The van der Waals surface area contributed by atoms with Crippen molar-refractivity contribution in [2.45, 2.75) is 0 Å². The van der Waals surface area contributed by atoms with Crippen molar-refractivity contribution >= 4 is 53.9 Å². The fourth-order valence-electron chi connectivity index (χ4n) is 0.987. The van der Waals surface area contributed by atoms with Gasteiger partial charge in [0, 0.05) is 10.8 Å². The molecule has 0 aliphatic rings. The number of hydrogen-bond donors (Lipinski definition) is 1. The highest BCUT2D eigenvalue weighted by atomic mass is 79.9. The summed E-state index contributed by atoms with van der Waals surface area (Å²) in [5.41, 5.74) is 5.81. The molecule has 0 radical (unpaired) electrons. The molecule has 2 aromatic heterocycles. The molecule has 0 saturated carbocycles. The Hall–Kier alpha value is -0.390. The predicted molar refractivity (Wildman–Crippen MR) is 55.9 cm³/mol. The second-order valence-electron chi connectivity index (χ2n) is 2.27. The molecule has 0 atom stereocenters. The first-order valence-corrected chi connectivity index (χ1v) is 5.64. The molecular formula is C7H4BrNOS2. The molecule has 0 aliphatic carbocycles. The smallest absolute Gasteiger partial charge is 0.250 e. The van der Waals surface area contributed by atoms with Gasteiger partial charge >= 0.3 is 0 Å². The summed E-state index contributed by atoms with van der Waals surface area (Å²) in [5, 5.41) is 2.76. The van der Waals surface area contributed by atoms with Crippen molar-refractivity contribution in [3.63, 3.8) is 0 Å². The summed E-state index contributed by atoms with van der Waals surface area (Å²) >= 11 is 6.53. The summed E-state index contributed by atoms with van der Waals surface area (Å²) in [6.07, 6.45) is 0. The Kier molecular flexibility index (Phi) is 1.94. The topological polar surface area (TPSA) is 43.1 Å². The van der Waals surface area contributed by atoms with Gasteiger partial charge in [-0.15, -0.1) is 22.7 Å². The van der Waals surface area contributed by atoms with Gasteiger partial charge < -0.3 is 5.73 Å². The first kappa shape index (κ1) is 8.22. The first-order valence-electron chi connectivity index (χ1n) is 3.15. The highest BCUT2D eigenvalue weighted by Crippen LogP contribution is 2.36. The quantitative estimate of drug-likeness (QED) is 0.843. The van der Waals surface area contributed by atoms with Crippen molar-refractivity contribution in [3.8, 4) is 0 Å². The fraction of sp³-hybridized carbons (Fsp3) is 0. The van der Waals surface area contributed by atoms with E-state index in [9.17, 15) is 4.79 Å². The summed E-state index contributed by atoms with van der Waals surface area (Å²) in [7, 11) is 0. The van der Waals surface area contributed by atoms with Gasteiger partial charge in [0.05, 0.1) is 13.4 Å². The molecule has 2 aromatic rings. The molecule has 0 unspecified atom stereocenters. The number of thiophene rings is 2. The van der Waals surface area contributed by atoms with Crippen LogP contribution in [0.4, 0.5) is 0 Å². The van der Waals surface area contributed by atoms with Gasteiger partial charge in [0.15, 0.2) is 0 Å². The van der Waals surface area contributed by atoms with E-state index in [1.54, 1.807) is 28.1 Å². The Labute approximate surface area is 85.1 Å². The summed E-state index contributed by atoms with van der Waals surface area (Å²) in [6.45, 7) is 0. The molecule has 2 heterocycles. The van der Waals surface area contributed by atoms with Crippen LogP contribution in [0, 0.1) is 0 Å². The van der Waals surface area contributed by atoms with Crippen LogP contribution >= 0.6 is 38.6 Å². The summed E-state index contributed by atoms with van der Waals surface area (Å²) in [5.74, 6) is -0.355. The van der Waals surface area contributed by atoms with E-state index in [-0.39, 0.29) is 5.91 Å². The fourth-order valence-corrected chi connectivity index (χ4v) is 4.03.